The Balaban J connectivity index is 1.41. The Bertz CT molecular complexity index is 615. The van der Waals surface area contributed by atoms with E-state index in [0.29, 0.717) is 30.5 Å². The Morgan fingerprint density at radius 2 is 2.24 bits per heavy atom. The fourth-order valence-electron chi connectivity index (χ4n) is 2.22. The lowest BCUT2D eigenvalue weighted by Gasteiger charge is -2.20. The van der Waals surface area contributed by atoms with Crippen LogP contribution in [0.15, 0.2) is 15.1 Å². The summed E-state index contributed by atoms with van der Waals surface area (Å²) in [7, 11) is 0. The summed E-state index contributed by atoms with van der Waals surface area (Å²) in [4.78, 5) is 16.1. The molecule has 1 N–H and O–H groups in total. The Kier molecular flexibility index (Phi) is 3.98. The fourth-order valence-corrected chi connectivity index (χ4v) is 2.22. The molecule has 0 unspecified atom stereocenters. The summed E-state index contributed by atoms with van der Waals surface area (Å²) in [5.74, 6) is 2.29. The highest BCUT2D eigenvalue weighted by Crippen LogP contribution is 2.35. The van der Waals surface area contributed by atoms with Crippen LogP contribution in [-0.2, 0) is 17.6 Å². The molecule has 112 valence electrons. The van der Waals surface area contributed by atoms with Gasteiger partial charge in [-0.15, -0.1) is 0 Å². The van der Waals surface area contributed by atoms with Crippen molar-refractivity contribution in [2.24, 2.45) is 0 Å². The molecule has 7 heteroatoms. The summed E-state index contributed by atoms with van der Waals surface area (Å²) in [5, 5.41) is 10.5. The van der Waals surface area contributed by atoms with Crippen LogP contribution in [0.2, 0.25) is 0 Å². The average molecular weight is 290 g/mol. The van der Waals surface area contributed by atoms with Crippen LogP contribution in [0, 0.1) is 6.92 Å². The molecule has 3 rings (SSSR count). The zero-order valence-electron chi connectivity index (χ0n) is 12.0. The minimum Gasteiger partial charge on any atom is -0.361 e. The van der Waals surface area contributed by atoms with Gasteiger partial charge in [0.05, 0.1) is 12.1 Å². The number of amides is 1. The van der Waals surface area contributed by atoms with Gasteiger partial charge in [0.25, 0.3) is 0 Å². The third kappa shape index (κ3) is 3.48. The van der Waals surface area contributed by atoms with Crippen LogP contribution in [0.25, 0.3) is 0 Å². The molecule has 21 heavy (non-hydrogen) atoms. The molecule has 2 heterocycles. The van der Waals surface area contributed by atoms with E-state index in [1.54, 1.807) is 6.07 Å². The van der Waals surface area contributed by atoms with Crippen LogP contribution in [0.5, 0.6) is 0 Å². The number of nitrogens with zero attached hydrogens (tertiary/aromatic N) is 3. The number of carbonyl (C=O) groups excluding carboxylic acids is 1. The first-order valence-electron chi connectivity index (χ1n) is 7.22. The number of aromatic nitrogens is 3. The number of nitrogens with one attached hydrogen (secondary N) is 1. The molecule has 0 aliphatic heterocycles. The van der Waals surface area contributed by atoms with E-state index in [4.69, 9.17) is 9.05 Å². The normalized spacial score (nSPS) is 14.9. The van der Waals surface area contributed by atoms with E-state index in [-0.39, 0.29) is 12.3 Å². The molecular formula is C14H18N4O3. The van der Waals surface area contributed by atoms with Crippen molar-refractivity contribution in [3.63, 3.8) is 0 Å². The van der Waals surface area contributed by atoms with Crippen molar-refractivity contribution < 1.29 is 13.8 Å². The number of hydrogen-bond acceptors (Lipinski definition) is 6. The summed E-state index contributed by atoms with van der Waals surface area (Å²) in [6.07, 6.45) is 4.27. The fraction of sp³-hybridized carbons (Fsp3) is 0.571. The standard InChI is InChI=1S/C14H18N4O3/c1-9-7-11(20-17-9)8-13(19)15-6-5-12-16-14(21-18-12)10-3-2-4-10/h7,10H,2-6,8H2,1H3,(H,15,19). The molecule has 1 saturated carbocycles. The van der Waals surface area contributed by atoms with Crippen molar-refractivity contribution in [2.75, 3.05) is 6.54 Å². The van der Waals surface area contributed by atoms with Crippen molar-refractivity contribution in [2.45, 2.75) is 44.9 Å². The van der Waals surface area contributed by atoms with Gasteiger partial charge in [0.2, 0.25) is 11.8 Å². The van der Waals surface area contributed by atoms with Crippen molar-refractivity contribution >= 4 is 5.91 Å². The van der Waals surface area contributed by atoms with Gasteiger partial charge in [0.1, 0.15) is 5.76 Å². The molecule has 1 fully saturated rings. The van der Waals surface area contributed by atoms with Crippen molar-refractivity contribution in [1.29, 1.82) is 0 Å². The predicted molar refractivity (Wildman–Crippen MR) is 72.5 cm³/mol. The predicted octanol–water partition coefficient (Wildman–Crippen LogP) is 1.53. The molecule has 0 radical (unpaired) electrons. The van der Waals surface area contributed by atoms with Gasteiger partial charge in [0, 0.05) is 24.9 Å². The summed E-state index contributed by atoms with van der Waals surface area (Å²) >= 11 is 0. The molecule has 0 spiro atoms. The highest BCUT2D eigenvalue weighted by atomic mass is 16.5. The molecule has 0 bridgehead atoms. The van der Waals surface area contributed by atoms with Gasteiger partial charge >= 0.3 is 0 Å². The number of carbonyl (C=O) groups is 1. The number of rotatable bonds is 6. The van der Waals surface area contributed by atoms with E-state index in [1.807, 2.05) is 6.92 Å². The van der Waals surface area contributed by atoms with Crippen LogP contribution < -0.4 is 5.32 Å². The molecule has 0 aromatic carbocycles. The molecule has 0 saturated heterocycles. The Morgan fingerprint density at radius 3 is 2.90 bits per heavy atom. The Hall–Kier alpha value is -2.18. The lowest BCUT2D eigenvalue weighted by Crippen LogP contribution is -2.27. The molecule has 0 atom stereocenters. The zero-order chi connectivity index (χ0) is 14.7. The lowest BCUT2D eigenvalue weighted by atomic mass is 9.85. The molecular weight excluding hydrogens is 272 g/mol. The van der Waals surface area contributed by atoms with Crippen LogP contribution >= 0.6 is 0 Å². The molecule has 2 aromatic rings. The third-order valence-electron chi connectivity index (χ3n) is 3.62. The van der Waals surface area contributed by atoms with Crippen LogP contribution in [-0.4, -0.2) is 27.7 Å². The topological polar surface area (TPSA) is 94.1 Å². The van der Waals surface area contributed by atoms with Gasteiger partial charge in [-0.2, -0.15) is 4.98 Å². The highest BCUT2D eigenvalue weighted by Gasteiger charge is 2.25. The van der Waals surface area contributed by atoms with Gasteiger partial charge in [-0.3, -0.25) is 4.79 Å². The monoisotopic (exact) mass is 290 g/mol. The maximum atomic E-state index is 11.7. The smallest absolute Gasteiger partial charge is 0.229 e. The molecule has 1 aliphatic rings. The van der Waals surface area contributed by atoms with E-state index in [9.17, 15) is 4.79 Å². The van der Waals surface area contributed by atoms with Crippen LogP contribution in [0.1, 0.15) is 48.3 Å². The van der Waals surface area contributed by atoms with E-state index in [2.05, 4.69) is 20.6 Å². The SMILES string of the molecule is Cc1cc(CC(=O)NCCc2noc(C3CCC3)n2)on1. The average Bonchev–Trinajstić information content (AvgIpc) is 2.97. The second-order valence-corrected chi connectivity index (χ2v) is 5.39. The van der Waals surface area contributed by atoms with E-state index in [1.165, 1.54) is 6.42 Å². The first-order chi connectivity index (χ1) is 10.2. The largest absolute Gasteiger partial charge is 0.361 e. The second kappa shape index (κ2) is 6.07. The van der Waals surface area contributed by atoms with Gasteiger partial charge in [-0.25, -0.2) is 0 Å². The first-order valence-corrected chi connectivity index (χ1v) is 7.22. The van der Waals surface area contributed by atoms with Crippen molar-refractivity contribution in [3.05, 3.63) is 29.2 Å². The Morgan fingerprint density at radius 1 is 1.38 bits per heavy atom. The van der Waals surface area contributed by atoms with Crippen molar-refractivity contribution in [1.82, 2.24) is 20.6 Å². The minimum absolute atomic E-state index is 0.103. The Labute approximate surface area is 122 Å². The zero-order valence-corrected chi connectivity index (χ0v) is 12.0. The molecule has 1 aliphatic carbocycles. The van der Waals surface area contributed by atoms with Crippen LogP contribution in [0.4, 0.5) is 0 Å². The van der Waals surface area contributed by atoms with Gasteiger partial charge in [-0.1, -0.05) is 16.7 Å². The minimum atomic E-state index is -0.103. The van der Waals surface area contributed by atoms with E-state index >= 15 is 0 Å². The summed E-state index contributed by atoms with van der Waals surface area (Å²) in [6, 6.07) is 1.75. The number of aryl methyl sites for hydroxylation is 1. The van der Waals surface area contributed by atoms with Gasteiger partial charge in [0.15, 0.2) is 5.82 Å². The molecule has 2 aromatic heterocycles. The van der Waals surface area contributed by atoms with Crippen molar-refractivity contribution in [3.8, 4) is 0 Å². The molecule has 7 nitrogen and oxygen atoms in total. The highest BCUT2D eigenvalue weighted by molar-refractivity contribution is 5.77. The van der Waals surface area contributed by atoms with Gasteiger partial charge < -0.3 is 14.4 Å². The van der Waals surface area contributed by atoms with Crippen LogP contribution in [0.3, 0.4) is 0 Å². The quantitative estimate of drug-likeness (QED) is 0.867. The summed E-state index contributed by atoms with van der Waals surface area (Å²) in [5.41, 5.74) is 0.771. The molecule has 1 amide bonds. The lowest BCUT2D eigenvalue weighted by molar-refractivity contribution is -0.120. The van der Waals surface area contributed by atoms with E-state index in [0.717, 1.165) is 24.4 Å². The second-order valence-electron chi connectivity index (χ2n) is 5.39. The maximum Gasteiger partial charge on any atom is 0.229 e. The van der Waals surface area contributed by atoms with Gasteiger partial charge in [-0.05, 0) is 19.8 Å². The number of hydrogen-bond donors (Lipinski definition) is 1. The maximum absolute atomic E-state index is 11.7. The summed E-state index contributed by atoms with van der Waals surface area (Å²) < 4.78 is 10.2. The first kappa shape index (κ1) is 13.8. The third-order valence-corrected chi connectivity index (χ3v) is 3.62. The van der Waals surface area contributed by atoms with E-state index < -0.39 is 0 Å². The summed E-state index contributed by atoms with van der Waals surface area (Å²) in [6.45, 7) is 2.30.